The molecule has 0 saturated carbocycles. The van der Waals surface area contributed by atoms with Gasteiger partial charge in [-0.05, 0) is 32.6 Å². The lowest BCUT2D eigenvalue weighted by atomic mass is 9.92. The van der Waals surface area contributed by atoms with Gasteiger partial charge in [0, 0.05) is 0 Å². The molecule has 0 aliphatic carbocycles. The minimum atomic E-state index is 0.620. The van der Waals surface area contributed by atoms with Gasteiger partial charge >= 0.3 is 0 Å². The molecule has 1 N–H and O–H groups in total. The molecule has 0 aliphatic heterocycles. The van der Waals surface area contributed by atoms with E-state index >= 15 is 0 Å². The van der Waals surface area contributed by atoms with Crippen molar-refractivity contribution in [3.63, 3.8) is 0 Å². The van der Waals surface area contributed by atoms with E-state index in [0.717, 1.165) is 0 Å². The summed E-state index contributed by atoms with van der Waals surface area (Å²) in [5.41, 5.74) is 0. The SMILES string of the molecule is CCCCCCCCCCCCCC(CCCCCCCCCCC)c1[nH]cc[n+]1C(C)CCCC. The van der Waals surface area contributed by atoms with Crippen molar-refractivity contribution in [3.05, 3.63) is 18.2 Å². The Balaban J connectivity index is 2.38. The van der Waals surface area contributed by atoms with Crippen molar-refractivity contribution < 1.29 is 4.57 Å². The molecule has 1 aromatic rings. The van der Waals surface area contributed by atoms with Crippen LogP contribution in [-0.4, -0.2) is 4.98 Å². The zero-order valence-electron chi connectivity index (χ0n) is 25.4. The Morgan fingerprint density at radius 3 is 1.33 bits per heavy atom. The van der Waals surface area contributed by atoms with Crippen LogP contribution in [0.1, 0.15) is 206 Å². The lowest BCUT2D eigenvalue weighted by Crippen LogP contribution is -2.41. The molecule has 0 fully saturated rings. The van der Waals surface area contributed by atoms with Gasteiger partial charge in [0.05, 0.1) is 12.0 Å². The monoisotopic (exact) mass is 504 g/mol. The molecule has 2 unspecified atom stereocenters. The topological polar surface area (TPSA) is 19.7 Å². The highest BCUT2D eigenvalue weighted by Gasteiger charge is 2.25. The van der Waals surface area contributed by atoms with Crippen LogP contribution >= 0.6 is 0 Å². The number of aromatic amines is 1. The van der Waals surface area contributed by atoms with Gasteiger partial charge in [0.1, 0.15) is 12.4 Å². The molecule has 36 heavy (non-hydrogen) atoms. The van der Waals surface area contributed by atoms with E-state index in [4.69, 9.17) is 0 Å². The molecule has 0 saturated heterocycles. The van der Waals surface area contributed by atoms with Crippen LogP contribution in [0.3, 0.4) is 0 Å². The summed E-state index contributed by atoms with van der Waals surface area (Å²) in [4.78, 5) is 3.70. The molecule has 0 amide bonds. The van der Waals surface area contributed by atoms with Crippen molar-refractivity contribution in [1.29, 1.82) is 0 Å². The van der Waals surface area contributed by atoms with Crippen LogP contribution in [0, 0.1) is 0 Å². The smallest absolute Gasteiger partial charge is 0.247 e. The molecular formula is C34H67N2+. The average Bonchev–Trinajstić information content (AvgIpc) is 3.38. The molecule has 2 atom stereocenters. The van der Waals surface area contributed by atoms with Crippen molar-refractivity contribution in [3.8, 4) is 0 Å². The van der Waals surface area contributed by atoms with Gasteiger partial charge < -0.3 is 0 Å². The molecule has 0 aromatic carbocycles. The Labute approximate surface area is 227 Å². The van der Waals surface area contributed by atoms with Gasteiger partial charge in [-0.1, -0.05) is 156 Å². The van der Waals surface area contributed by atoms with Crippen molar-refractivity contribution in [2.45, 2.75) is 200 Å². The molecule has 2 nitrogen and oxygen atoms in total. The van der Waals surface area contributed by atoms with Gasteiger partial charge in [0.15, 0.2) is 0 Å². The van der Waals surface area contributed by atoms with Gasteiger partial charge in [0.25, 0.3) is 5.82 Å². The van der Waals surface area contributed by atoms with Crippen molar-refractivity contribution in [1.82, 2.24) is 4.98 Å². The Morgan fingerprint density at radius 1 is 0.528 bits per heavy atom. The third kappa shape index (κ3) is 16.9. The zero-order chi connectivity index (χ0) is 26.1. The molecule has 0 spiro atoms. The molecule has 1 rings (SSSR count). The van der Waals surface area contributed by atoms with E-state index < -0.39 is 0 Å². The van der Waals surface area contributed by atoms with Crippen LogP contribution in [0.4, 0.5) is 0 Å². The van der Waals surface area contributed by atoms with E-state index in [1.54, 1.807) is 0 Å². The molecule has 1 aromatic heterocycles. The van der Waals surface area contributed by atoms with Crippen LogP contribution in [0.25, 0.3) is 0 Å². The van der Waals surface area contributed by atoms with Gasteiger partial charge in [-0.2, -0.15) is 0 Å². The van der Waals surface area contributed by atoms with Crippen molar-refractivity contribution >= 4 is 0 Å². The zero-order valence-corrected chi connectivity index (χ0v) is 25.4. The van der Waals surface area contributed by atoms with E-state index in [1.165, 1.54) is 166 Å². The van der Waals surface area contributed by atoms with E-state index in [2.05, 4.69) is 49.6 Å². The molecular weight excluding hydrogens is 436 g/mol. The summed E-state index contributed by atoms with van der Waals surface area (Å²) in [7, 11) is 0. The first-order valence-corrected chi connectivity index (χ1v) is 16.8. The summed E-state index contributed by atoms with van der Waals surface area (Å²) in [6, 6.07) is 0.620. The predicted molar refractivity (Wildman–Crippen MR) is 161 cm³/mol. The van der Waals surface area contributed by atoms with Crippen LogP contribution in [-0.2, 0) is 0 Å². The normalized spacial score (nSPS) is 13.3. The van der Waals surface area contributed by atoms with E-state index in [1.807, 2.05) is 0 Å². The highest BCUT2D eigenvalue weighted by molar-refractivity contribution is 4.90. The molecule has 0 aliphatic rings. The Kier molecular flexibility index (Phi) is 22.7. The lowest BCUT2D eigenvalue weighted by Gasteiger charge is -2.17. The number of rotatable bonds is 27. The van der Waals surface area contributed by atoms with Crippen LogP contribution in [0.2, 0.25) is 0 Å². The largest absolute Gasteiger partial charge is 0.257 e. The lowest BCUT2D eigenvalue weighted by molar-refractivity contribution is -0.727. The molecule has 1 heterocycles. The summed E-state index contributed by atoms with van der Waals surface area (Å²) in [5, 5.41) is 0. The second-order valence-corrected chi connectivity index (χ2v) is 11.9. The molecule has 212 valence electrons. The van der Waals surface area contributed by atoms with Crippen LogP contribution in [0.5, 0.6) is 0 Å². The fourth-order valence-electron chi connectivity index (χ4n) is 5.88. The van der Waals surface area contributed by atoms with Crippen molar-refractivity contribution in [2.75, 3.05) is 0 Å². The minimum Gasteiger partial charge on any atom is -0.247 e. The second kappa shape index (κ2) is 24.5. The van der Waals surface area contributed by atoms with Gasteiger partial charge in [-0.15, -0.1) is 0 Å². The minimum absolute atomic E-state index is 0.620. The Morgan fingerprint density at radius 2 is 0.917 bits per heavy atom. The van der Waals surface area contributed by atoms with Gasteiger partial charge in [-0.3, -0.25) is 0 Å². The van der Waals surface area contributed by atoms with Gasteiger partial charge in [0.2, 0.25) is 0 Å². The van der Waals surface area contributed by atoms with Gasteiger partial charge in [-0.25, -0.2) is 9.55 Å². The number of hydrogen-bond acceptors (Lipinski definition) is 0. The fourth-order valence-corrected chi connectivity index (χ4v) is 5.88. The second-order valence-electron chi connectivity index (χ2n) is 11.9. The van der Waals surface area contributed by atoms with E-state index in [-0.39, 0.29) is 0 Å². The third-order valence-corrected chi connectivity index (χ3v) is 8.39. The maximum absolute atomic E-state index is 3.70. The summed E-state index contributed by atoms with van der Waals surface area (Å²) in [5.74, 6) is 2.23. The summed E-state index contributed by atoms with van der Waals surface area (Å²) in [6.45, 7) is 9.36. The van der Waals surface area contributed by atoms with E-state index in [9.17, 15) is 0 Å². The number of H-pyrrole nitrogens is 1. The number of nitrogens with zero attached hydrogens (tertiary/aromatic N) is 1. The van der Waals surface area contributed by atoms with E-state index in [0.29, 0.717) is 12.0 Å². The molecule has 0 bridgehead atoms. The van der Waals surface area contributed by atoms with Crippen LogP contribution in [0.15, 0.2) is 12.4 Å². The Bertz CT molecular complexity index is 563. The number of nitrogens with one attached hydrogen (secondary N) is 1. The highest BCUT2D eigenvalue weighted by atomic mass is 15.1. The first kappa shape index (κ1) is 33.2. The van der Waals surface area contributed by atoms with Crippen molar-refractivity contribution in [2.24, 2.45) is 0 Å². The summed E-state index contributed by atoms with van der Waals surface area (Å²) in [6.07, 6.45) is 39.8. The highest BCUT2D eigenvalue weighted by Crippen LogP contribution is 2.27. The number of aromatic nitrogens is 2. The molecule has 2 heteroatoms. The number of hydrogen-bond donors (Lipinski definition) is 1. The third-order valence-electron chi connectivity index (χ3n) is 8.39. The predicted octanol–water partition coefficient (Wildman–Crippen LogP) is 11.8. The van der Waals surface area contributed by atoms with Crippen LogP contribution < -0.4 is 4.57 Å². The number of unbranched alkanes of at least 4 members (excludes halogenated alkanes) is 19. The quantitative estimate of drug-likeness (QED) is 0.0909. The maximum Gasteiger partial charge on any atom is 0.257 e. The Hall–Kier alpha value is -0.790. The first-order valence-electron chi connectivity index (χ1n) is 16.8. The first-order chi connectivity index (χ1) is 17.7. The fraction of sp³-hybridized carbons (Fsp3) is 0.912. The standard InChI is InChI=1S/C34H66N2/c1-5-8-11-13-15-17-18-20-22-24-26-29-33(28-25-23-21-19-16-14-12-9-6-2)34-35-30-31-36(34)32(4)27-10-7-3/h30-33H,5-29H2,1-4H3/p+1. The molecule has 0 radical (unpaired) electrons. The average molecular weight is 504 g/mol. The number of imidazole rings is 1. The maximum atomic E-state index is 3.70. The summed E-state index contributed by atoms with van der Waals surface area (Å²) >= 11 is 0. The summed E-state index contributed by atoms with van der Waals surface area (Å²) < 4.78 is 2.59.